The highest BCUT2D eigenvalue weighted by molar-refractivity contribution is 5.44. The van der Waals surface area contributed by atoms with Crippen LogP contribution < -0.4 is 15.4 Å². The number of nitrogens with one attached hydrogen (secondary N) is 2. The van der Waals surface area contributed by atoms with Gasteiger partial charge in [-0.3, -0.25) is 0 Å². The van der Waals surface area contributed by atoms with Crippen molar-refractivity contribution in [3.63, 3.8) is 0 Å². The largest absolute Gasteiger partial charge is 0.496 e. The highest BCUT2D eigenvalue weighted by Gasteiger charge is 2.22. The van der Waals surface area contributed by atoms with Crippen LogP contribution in [0.4, 0.5) is 0 Å². The molecular weight excluding hydrogens is 224 g/mol. The average molecular weight is 248 g/mol. The van der Waals surface area contributed by atoms with Gasteiger partial charge in [0.05, 0.1) is 7.11 Å². The van der Waals surface area contributed by atoms with Gasteiger partial charge >= 0.3 is 0 Å². The fourth-order valence-electron chi connectivity index (χ4n) is 2.47. The van der Waals surface area contributed by atoms with E-state index in [1.165, 1.54) is 29.5 Å². The van der Waals surface area contributed by atoms with Crippen LogP contribution in [-0.2, 0) is 0 Å². The molecule has 0 aromatic heterocycles. The molecule has 0 heterocycles. The van der Waals surface area contributed by atoms with Crippen molar-refractivity contribution in [3.8, 4) is 5.75 Å². The minimum Gasteiger partial charge on any atom is -0.496 e. The molecule has 1 unspecified atom stereocenters. The van der Waals surface area contributed by atoms with Gasteiger partial charge in [0.2, 0.25) is 0 Å². The predicted octanol–water partition coefficient (Wildman–Crippen LogP) is 2.32. The molecule has 3 nitrogen and oxygen atoms in total. The quantitative estimate of drug-likeness (QED) is 0.810. The summed E-state index contributed by atoms with van der Waals surface area (Å²) in [5.74, 6) is 1.00. The number of rotatable bonds is 6. The summed E-state index contributed by atoms with van der Waals surface area (Å²) >= 11 is 0. The second-order valence-corrected chi connectivity index (χ2v) is 5.21. The highest BCUT2D eigenvalue weighted by atomic mass is 16.5. The maximum Gasteiger partial charge on any atom is 0.124 e. The van der Waals surface area contributed by atoms with Crippen molar-refractivity contribution in [2.45, 2.75) is 38.8 Å². The van der Waals surface area contributed by atoms with Gasteiger partial charge in [0.15, 0.2) is 0 Å². The zero-order chi connectivity index (χ0) is 13.1. The summed E-state index contributed by atoms with van der Waals surface area (Å²) in [4.78, 5) is 0. The molecule has 2 N–H and O–H groups in total. The molecule has 100 valence electrons. The first kappa shape index (κ1) is 13.4. The van der Waals surface area contributed by atoms with Crippen LogP contribution in [0.3, 0.4) is 0 Å². The van der Waals surface area contributed by atoms with Crippen molar-refractivity contribution in [3.05, 3.63) is 28.8 Å². The monoisotopic (exact) mass is 248 g/mol. The minimum absolute atomic E-state index is 0.369. The Balaban J connectivity index is 2.13. The summed E-state index contributed by atoms with van der Waals surface area (Å²) in [5.41, 5.74) is 3.75. The number of benzene rings is 1. The molecule has 3 heteroatoms. The Kier molecular flexibility index (Phi) is 4.25. The summed E-state index contributed by atoms with van der Waals surface area (Å²) in [6, 6.07) is 5.57. The van der Waals surface area contributed by atoms with Crippen LogP contribution in [-0.4, -0.2) is 26.7 Å². The average Bonchev–Trinajstić information content (AvgIpc) is 3.13. The maximum absolute atomic E-state index is 5.42. The molecular formula is C15H24N2O. The first-order valence-corrected chi connectivity index (χ1v) is 6.71. The fraction of sp³-hybridized carbons (Fsp3) is 0.600. The maximum atomic E-state index is 5.42. The van der Waals surface area contributed by atoms with Gasteiger partial charge in [0, 0.05) is 18.6 Å². The van der Waals surface area contributed by atoms with Crippen molar-refractivity contribution in [2.24, 2.45) is 0 Å². The smallest absolute Gasteiger partial charge is 0.124 e. The Morgan fingerprint density at radius 2 is 1.89 bits per heavy atom. The van der Waals surface area contributed by atoms with Crippen LogP contribution in [0, 0.1) is 13.8 Å². The SMILES string of the molecule is CNC(CNC1CC1)c1cc(C)c(OC)c(C)c1. The lowest BCUT2D eigenvalue weighted by Crippen LogP contribution is -2.30. The summed E-state index contributed by atoms with van der Waals surface area (Å²) in [5, 5.41) is 6.97. The lowest BCUT2D eigenvalue weighted by molar-refractivity contribution is 0.408. The first-order chi connectivity index (χ1) is 8.65. The van der Waals surface area contributed by atoms with E-state index >= 15 is 0 Å². The van der Waals surface area contributed by atoms with Crippen molar-refractivity contribution in [1.82, 2.24) is 10.6 Å². The molecule has 0 radical (unpaired) electrons. The Hall–Kier alpha value is -1.06. The number of methoxy groups -OCH3 is 1. The zero-order valence-corrected chi connectivity index (χ0v) is 11.8. The lowest BCUT2D eigenvalue weighted by atomic mass is 10.00. The summed E-state index contributed by atoms with van der Waals surface area (Å²) < 4.78 is 5.42. The van der Waals surface area contributed by atoms with Crippen molar-refractivity contribution in [1.29, 1.82) is 0 Å². The molecule has 0 spiro atoms. The van der Waals surface area contributed by atoms with Crippen LogP contribution in [0.25, 0.3) is 0 Å². The third-order valence-corrected chi connectivity index (χ3v) is 3.63. The van der Waals surface area contributed by atoms with E-state index in [2.05, 4.69) is 36.6 Å². The van der Waals surface area contributed by atoms with E-state index in [0.29, 0.717) is 6.04 Å². The number of likely N-dealkylation sites (N-methyl/N-ethyl adjacent to an activating group) is 1. The number of hydrogen-bond donors (Lipinski definition) is 2. The normalized spacial score (nSPS) is 16.7. The van der Waals surface area contributed by atoms with E-state index < -0.39 is 0 Å². The van der Waals surface area contributed by atoms with Crippen molar-refractivity contribution in [2.75, 3.05) is 20.7 Å². The number of hydrogen-bond acceptors (Lipinski definition) is 3. The van der Waals surface area contributed by atoms with Gasteiger partial charge in [-0.2, -0.15) is 0 Å². The molecule has 1 atom stereocenters. The van der Waals surface area contributed by atoms with Gasteiger partial charge in [-0.1, -0.05) is 12.1 Å². The zero-order valence-electron chi connectivity index (χ0n) is 11.8. The van der Waals surface area contributed by atoms with Crippen LogP contribution in [0.2, 0.25) is 0 Å². The van der Waals surface area contributed by atoms with E-state index in [9.17, 15) is 0 Å². The Morgan fingerprint density at radius 3 is 2.33 bits per heavy atom. The Labute approximate surface area is 110 Å². The van der Waals surface area contributed by atoms with E-state index in [1.54, 1.807) is 7.11 Å². The molecule has 0 amide bonds. The molecule has 0 aliphatic heterocycles. The van der Waals surface area contributed by atoms with E-state index in [1.807, 2.05) is 7.05 Å². The van der Waals surface area contributed by atoms with Gasteiger partial charge in [-0.05, 0) is 50.4 Å². The molecule has 1 saturated carbocycles. The van der Waals surface area contributed by atoms with Crippen molar-refractivity contribution >= 4 is 0 Å². The summed E-state index contributed by atoms with van der Waals surface area (Å²) in [7, 11) is 3.76. The van der Waals surface area contributed by atoms with Gasteiger partial charge < -0.3 is 15.4 Å². The molecule has 1 aliphatic rings. The van der Waals surface area contributed by atoms with Crippen LogP contribution in [0.1, 0.15) is 35.6 Å². The molecule has 1 aromatic rings. The van der Waals surface area contributed by atoms with Crippen LogP contribution >= 0.6 is 0 Å². The molecule has 0 bridgehead atoms. The van der Waals surface area contributed by atoms with Crippen molar-refractivity contribution < 1.29 is 4.74 Å². The van der Waals surface area contributed by atoms with E-state index in [-0.39, 0.29) is 0 Å². The van der Waals surface area contributed by atoms with Gasteiger partial charge in [-0.25, -0.2) is 0 Å². The number of ether oxygens (including phenoxy) is 1. The Bertz CT molecular complexity index is 390. The fourth-order valence-corrected chi connectivity index (χ4v) is 2.47. The van der Waals surface area contributed by atoms with Crippen LogP contribution in [0.15, 0.2) is 12.1 Å². The van der Waals surface area contributed by atoms with Gasteiger partial charge in [0.1, 0.15) is 5.75 Å². The molecule has 1 aromatic carbocycles. The van der Waals surface area contributed by atoms with E-state index in [0.717, 1.165) is 18.3 Å². The second-order valence-electron chi connectivity index (χ2n) is 5.21. The topological polar surface area (TPSA) is 33.3 Å². The summed E-state index contributed by atoms with van der Waals surface area (Å²) in [6.07, 6.45) is 2.66. The third kappa shape index (κ3) is 3.03. The molecule has 18 heavy (non-hydrogen) atoms. The first-order valence-electron chi connectivity index (χ1n) is 6.71. The highest BCUT2D eigenvalue weighted by Crippen LogP contribution is 2.27. The second kappa shape index (κ2) is 5.72. The van der Waals surface area contributed by atoms with E-state index in [4.69, 9.17) is 4.74 Å². The van der Waals surface area contributed by atoms with Crippen LogP contribution in [0.5, 0.6) is 5.75 Å². The minimum atomic E-state index is 0.369. The van der Waals surface area contributed by atoms with Gasteiger partial charge in [-0.15, -0.1) is 0 Å². The molecule has 0 saturated heterocycles. The standard InChI is InChI=1S/C15H24N2O/c1-10-7-12(8-11(2)15(10)18-4)14(16-3)9-17-13-5-6-13/h7-8,13-14,16-17H,5-6,9H2,1-4H3. The van der Waals surface area contributed by atoms with Gasteiger partial charge in [0.25, 0.3) is 0 Å². The molecule has 1 aliphatic carbocycles. The number of aryl methyl sites for hydroxylation is 2. The Morgan fingerprint density at radius 1 is 1.28 bits per heavy atom. The predicted molar refractivity (Wildman–Crippen MR) is 75.3 cm³/mol. The molecule has 2 rings (SSSR count). The summed E-state index contributed by atoms with van der Waals surface area (Å²) in [6.45, 7) is 5.21. The lowest BCUT2D eigenvalue weighted by Gasteiger charge is -2.20. The molecule has 1 fully saturated rings. The third-order valence-electron chi connectivity index (χ3n) is 3.63.